The second kappa shape index (κ2) is 3.50. The number of hydrogen-bond donors (Lipinski definition) is 1. The molecule has 1 saturated heterocycles. The molecule has 0 aromatic carbocycles. The molecular formula is C6H14NOP. The van der Waals surface area contributed by atoms with Gasteiger partial charge in [0.25, 0.3) is 0 Å². The highest BCUT2D eigenvalue weighted by atomic mass is 31.0. The quantitative estimate of drug-likeness (QED) is 0.552. The minimum Gasteiger partial charge on any atom is -0.392 e. The Morgan fingerprint density at radius 2 is 2.44 bits per heavy atom. The van der Waals surface area contributed by atoms with E-state index in [4.69, 9.17) is 5.11 Å². The van der Waals surface area contributed by atoms with Gasteiger partial charge in [0.15, 0.2) is 0 Å². The third kappa shape index (κ3) is 2.21. The molecule has 9 heavy (non-hydrogen) atoms. The largest absolute Gasteiger partial charge is 0.392 e. The van der Waals surface area contributed by atoms with Gasteiger partial charge in [-0.25, -0.2) is 0 Å². The summed E-state index contributed by atoms with van der Waals surface area (Å²) in [6.45, 7) is 3.08. The molecule has 0 amide bonds. The maximum Gasteiger partial charge on any atom is 0.0679 e. The summed E-state index contributed by atoms with van der Waals surface area (Å²) < 4.78 is 0. The van der Waals surface area contributed by atoms with Gasteiger partial charge in [0.1, 0.15) is 0 Å². The number of nitrogens with zero attached hydrogens (tertiary/aromatic N) is 1. The van der Waals surface area contributed by atoms with E-state index in [1.165, 1.54) is 0 Å². The molecule has 1 fully saturated rings. The Bertz CT molecular complexity index is 87.1. The van der Waals surface area contributed by atoms with Gasteiger partial charge in [-0.15, -0.1) is 9.24 Å². The lowest BCUT2D eigenvalue weighted by Gasteiger charge is -2.11. The van der Waals surface area contributed by atoms with Crippen LogP contribution in [0.15, 0.2) is 0 Å². The molecule has 1 aliphatic rings. The molecule has 1 N–H and O–H groups in total. The van der Waals surface area contributed by atoms with Crippen LogP contribution in [0.2, 0.25) is 0 Å². The van der Waals surface area contributed by atoms with Crippen LogP contribution in [-0.2, 0) is 0 Å². The van der Waals surface area contributed by atoms with Crippen LogP contribution in [0, 0.1) is 0 Å². The second-order valence-electron chi connectivity index (χ2n) is 2.53. The van der Waals surface area contributed by atoms with Crippen molar-refractivity contribution >= 4 is 9.24 Å². The molecule has 0 aliphatic carbocycles. The Kier molecular flexibility index (Phi) is 2.90. The van der Waals surface area contributed by atoms with Crippen LogP contribution in [0.5, 0.6) is 0 Å². The lowest BCUT2D eigenvalue weighted by atomic mass is 10.3. The average molecular weight is 147 g/mol. The van der Waals surface area contributed by atoms with Gasteiger partial charge >= 0.3 is 0 Å². The zero-order chi connectivity index (χ0) is 6.69. The fourth-order valence-electron chi connectivity index (χ4n) is 1.20. The summed E-state index contributed by atoms with van der Waals surface area (Å²) in [5, 5.41) is 9.08. The Morgan fingerprint density at radius 1 is 1.67 bits per heavy atom. The molecule has 2 atom stereocenters. The van der Waals surface area contributed by atoms with E-state index in [-0.39, 0.29) is 6.10 Å². The molecule has 0 aromatic heterocycles. The number of hydrogen-bond acceptors (Lipinski definition) is 2. The van der Waals surface area contributed by atoms with E-state index < -0.39 is 0 Å². The zero-order valence-electron chi connectivity index (χ0n) is 5.58. The van der Waals surface area contributed by atoms with Crippen molar-refractivity contribution in [3.8, 4) is 0 Å². The van der Waals surface area contributed by atoms with Gasteiger partial charge in [0.05, 0.1) is 6.10 Å². The zero-order valence-corrected chi connectivity index (χ0v) is 6.74. The number of β-amino-alcohol motifs (C(OH)–C–C–N with tert-alkyl or cyclic N) is 1. The molecule has 1 rings (SSSR count). The van der Waals surface area contributed by atoms with Crippen molar-refractivity contribution in [1.29, 1.82) is 0 Å². The molecule has 1 heterocycles. The minimum absolute atomic E-state index is 0.0541. The first-order valence-electron chi connectivity index (χ1n) is 3.43. The van der Waals surface area contributed by atoms with Crippen molar-refractivity contribution in [3.63, 3.8) is 0 Å². The first-order valence-corrected chi connectivity index (χ1v) is 4.25. The molecule has 3 heteroatoms. The van der Waals surface area contributed by atoms with Crippen molar-refractivity contribution in [2.45, 2.75) is 12.5 Å². The summed E-state index contributed by atoms with van der Waals surface area (Å²) in [6.07, 6.45) is 2.03. The maximum absolute atomic E-state index is 9.08. The highest BCUT2D eigenvalue weighted by molar-refractivity contribution is 7.16. The fourth-order valence-corrected chi connectivity index (χ4v) is 1.56. The summed E-state index contributed by atoms with van der Waals surface area (Å²) in [6, 6.07) is 0. The van der Waals surface area contributed by atoms with E-state index in [0.717, 1.165) is 32.2 Å². The summed E-state index contributed by atoms with van der Waals surface area (Å²) in [7, 11) is 2.70. The Balaban J connectivity index is 2.14. The minimum atomic E-state index is -0.0541. The van der Waals surface area contributed by atoms with E-state index >= 15 is 0 Å². The third-order valence-corrected chi connectivity index (χ3v) is 1.95. The van der Waals surface area contributed by atoms with Crippen molar-refractivity contribution in [2.24, 2.45) is 0 Å². The third-order valence-electron chi connectivity index (χ3n) is 1.69. The van der Waals surface area contributed by atoms with Crippen LogP contribution in [0.25, 0.3) is 0 Å². The van der Waals surface area contributed by atoms with Crippen LogP contribution in [0.4, 0.5) is 0 Å². The molecule has 0 saturated carbocycles. The van der Waals surface area contributed by atoms with Crippen molar-refractivity contribution in [3.05, 3.63) is 0 Å². The maximum atomic E-state index is 9.08. The molecule has 0 radical (unpaired) electrons. The SMILES string of the molecule is OC1CCN(CCP)C1. The molecule has 0 spiro atoms. The summed E-state index contributed by atoms with van der Waals surface area (Å²) in [5.74, 6) is 0. The normalized spacial score (nSPS) is 29.3. The van der Waals surface area contributed by atoms with Gasteiger partial charge in [-0.1, -0.05) is 0 Å². The van der Waals surface area contributed by atoms with Gasteiger partial charge in [0.2, 0.25) is 0 Å². The molecule has 2 nitrogen and oxygen atoms in total. The molecule has 1 aliphatic heterocycles. The lowest BCUT2D eigenvalue weighted by Crippen LogP contribution is -2.23. The average Bonchev–Trinajstić information content (AvgIpc) is 2.17. The van der Waals surface area contributed by atoms with Gasteiger partial charge in [-0.05, 0) is 12.6 Å². The monoisotopic (exact) mass is 147 g/mol. The van der Waals surface area contributed by atoms with E-state index in [2.05, 4.69) is 14.1 Å². The topological polar surface area (TPSA) is 23.5 Å². The van der Waals surface area contributed by atoms with Crippen LogP contribution in [0.3, 0.4) is 0 Å². The standard InChI is InChI=1S/C6H14NOP/c8-6-1-2-7(5-6)3-4-9/h6,8H,1-5,9H2. The van der Waals surface area contributed by atoms with E-state index in [9.17, 15) is 0 Å². The summed E-state index contributed by atoms with van der Waals surface area (Å²) in [5.41, 5.74) is 0. The Hall–Kier alpha value is 0.350. The molecule has 54 valence electrons. The summed E-state index contributed by atoms with van der Waals surface area (Å²) >= 11 is 0. The van der Waals surface area contributed by atoms with E-state index in [1.54, 1.807) is 0 Å². The van der Waals surface area contributed by atoms with Crippen LogP contribution in [0.1, 0.15) is 6.42 Å². The number of likely N-dealkylation sites (tertiary alicyclic amines) is 1. The predicted molar refractivity (Wildman–Crippen MR) is 41.6 cm³/mol. The van der Waals surface area contributed by atoms with Crippen LogP contribution in [-0.4, -0.2) is 41.9 Å². The lowest BCUT2D eigenvalue weighted by molar-refractivity contribution is 0.178. The van der Waals surface area contributed by atoms with Crippen LogP contribution >= 0.6 is 9.24 Å². The number of aliphatic hydroxyl groups excluding tert-OH is 1. The van der Waals surface area contributed by atoms with E-state index in [1.807, 2.05) is 0 Å². The first kappa shape index (κ1) is 7.46. The molecular weight excluding hydrogens is 133 g/mol. The van der Waals surface area contributed by atoms with Gasteiger partial charge in [-0.3, -0.25) is 0 Å². The number of rotatable bonds is 2. The van der Waals surface area contributed by atoms with Gasteiger partial charge < -0.3 is 10.0 Å². The molecule has 2 unspecified atom stereocenters. The predicted octanol–water partition coefficient (Wildman–Crippen LogP) is -0.0719. The van der Waals surface area contributed by atoms with Crippen molar-refractivity contribution < 1.29 is 5.11 Å². The van der Waals surface area contributed by atoms with Crippen LogP contribution < -0.4 is 0 Å². The highest BCUT2D eigenvalue weighted by Gasteiger charge is 2.18. The molecule has 0 aromatic rings. The first-order chi connectivity index (χ1) is 4.33. The number of aliphatic hydroxyl groups is 1. The highest BCUT2D eigenvalue weighted by Crippen LogP contribution is 2.07. The Morgan fingerprint density at radius 3 is 2.89 bits per heavy atom. The van der Waals surface area contributed by atoms with Gasteiger partial charge in [0, 0.05) is 19.6 Å². The Labute approximate surface area is 58.4 Å². The van der Waals surface area contributed by atoms with E-state index in [0.29, 0.717) is 0 Å². The summed E-state index contributed by atoms with van der Waals surface area (Å²) in [4.78, 5) is 2.29. The van der Waals surface area contributed by atoms with Crippen molar-refractivity contribution in [1.82, 2.24) is 4.90 Å². The fraction of sp³-hybridized carbons (Fsp3) is 1.00. The smallest absolute Gasteiger partial charge is 0.0679 e. The van der Waals surface area contributed by atoms with Gasteiger partial charge in [-0.2, -0.15) is 0 Å². The molecule has 0 bridgehead atoms. The second-order valence-corrected chi connectivity index (χ2v) is 3.11. The van der Waals surface area contributed by atoms with Crippen molar-refractivity contribution in [2.75, 3.05) is 25.8 Å².